The summed E-state index contributed by atoms with van der Waals surface area (Å²) in [5.74, 6) is -0.702. The van der Waals surface area contributed by atoms with Gasteiger partial charge in [-0.25, -0.2) is 4.52 Å². The minimum Gasteiger partial charge on any atom is -0.348 e. The van der Waals surface area contributed by atoms with Crippen molar-refractivity contribution in [3.63, 3.8) is 0 Å². The summed E-state index contributed by atoms with van der Waals surface area (Å²) in [6, 6.07) is 4.72. The Morgan fingerprint density at radius 1 is 1.37 bits per heavy atom. The van der Waals surface area contributed by atoms with Crippen molar-refractivity contribution in [1.29, 1.82) is 0 Å². The molecule has 0 aliphatic heterocycles. The largest absolute Gasteiger partial charge is 0.421 e. The van der Waals surface area contributed by atoms with Gasteiger partial charge in [-0.1, -0.05) is 23.7 Å². The summed E-state index contributed by atoms with van der Waals surface area (Å²) in [6.07, 6.45) is -1.85. The van der Waals surface area contributed by atoms with Crippen LogP contribution in [0.3, 0.4) is 0 Å². The maximum atomic E-state index is 13.8. The number of hydrogen-bond acceptors (Lipinski definition) is 3. The lowest BCUT2D eigenvalue weighted by atomic mass is 10.1. The van der Waals surface area contributed by atoms with Gasteiger partial charge in [0, 0.05) is 16.6 Å². The van der Waals surface area contributed by atoms with Gasteiger partial charge in [-0.05, 0) is 44.2 Å². The number of aromatic nitrogens is 3. The quantitative estimate of drug-likeness (QED) is 0.640. The first-order valence-corrected chi connectivity index (χ1v) is 9.74. The Morgan fingerprint density at radius 3 is 2.67 bits per heavy atom. The topological polar surface area (TPSA) is 79.3 Å². The molecule has 4 rings (SSSR count). The van der Waals surface area contributed by atoms with Crippen molar-refractivity contribution in [3.05, 3.63) is 56.6 Å². The zero-order valence-corrected chi connectivity index (χ0v) is 16.9. The van der Waals surface area contributed by atoms with Crippen LogP contribution in [0.25, 0.3) is 16.8 Å². The Morgan fingerprint density at radius 2 is 2.07 bits per heavy atom. The zero-order chi connectivity index (χ0) is 21.8. The Hall–Kier alpha value is -2.81. The van der Waals surface area contributed by atoms with E-state index in [-0.39, 0.29) is 17.7 Å². The lowest BCUT2D eigenvalue weighted by molar-refractivity contribution is -0.136. The molecule has 0 spiro atoms. The molecule has 2 aromatic heterocycles. The molecule has 1 aliphatic carbocycles. The first kappa shape index (κ1) is 20.5. The van der Waals surface area contributed by atoms with Crippen LogP contribution in [0, 0.1) is 12.8 Å². The zero-order valence-electron chi connectivity index (χ0n) is 16.1. The number of carbonyl (C=O) groups excluding carboxylic acids is 1. The number of fused-ring (bicyclic) bond motifs is 1. The predicted molar refractivity (Wildman–Crippen MR) is 106 cm³/mol. The van der Waals surface area contributed by atoms with E-state index in [0.717, 1.165) is 22.9 Å². The molecule has 0 bridgehead atoms. The first-order valence-electron chi connectivity index (χ1n) is 9.36. The van der Waals surface area contributed by atoms with Gasteiger partial charge < -0.3 is 10.3 Å². The summed E-state index contributed by atoms with van der Waals surface area (Å²) in [4.78, 5) is 27.6. The van der Waals surface area contributed by atoms with Crippen molar-refractivity contribution >= 4 is 23.0 Å². The lowest BCUT2D eigenvalue weighted by Gasteiger charge is -2.13. The minimum atomic E-state index is -4.93. The van der Waals surface area contributed by atoms with Gasteiger partial charge in [0.05, 0.1) is 11.9 Å². The molecule has 1 aromatic carbocycles. The highest BCUT2D eigenvalue weighted by Crippen LogP contribution is 2.36. The van der Waals surface area contributed by atoms with Crippen LogP contribution in [-0.4, -0.2) is 26.5 Å². The molecular weight excluding hydrogens is 421 g/mol. The summed E-state index contributed by atoms with van der Waals surface area (Å²) < 4.78 is 42.1. The fourth-order valence-electron chi connectivity index (χ4n) is 3.41. The van der Waals surface area contributed by atoms with Crippen molar-refractivity contribution in [2.75, 3.05) is 0 Å². The SMILES string of the molecule is Cc1ccc(-c2cn3nc(C(=O)N[C@@H](C)C4CC4)c(C(F)(F)F)c3c(=O)[nH]2)cc1Cl. The minimum absolute atomic E-state index is 0.226. The van der Waals surface area contributed by atoms with Crippen LogP contribution < -0.4 is 10.9 Å². The van der Waals surface area contributed by atoms with Crippen LogP contribution in [0.15, 0.2) is 29.2 Å². The molecule has 2 heterocycles. The summed E-state index contributed by atoms with van der Waals surface area (Å²) in [5.41, 5.74) is -2.36. The van der Waals surface area contributed by atoms with Gasteiger partial charge in [0.1, 0.15) is 11.1 Å². The summed E-state index contributed by atoms with van der Waals surface area (Å²) in [6.45, 7) is 3.54. The molecule has 1 saturated carbocycles. The molecule has 1 atom stereocenters. The van der Waals surface area contributed by atoms with E-state index in [1.54, 1.807) is 32.0 Å². The summed E-state index contributed by atoms with van der Waals surface area (Å²) in [7, 11) is 0. The highest BCUT2D eigenvalue weighted by molar-refractivity contribution is 6.31. The standard InChI is InChI=1S/C20H18ClF3N4O2/c1-9-3-4-12(7-13(9)21)14-8-28-17(19(30)26-14)15(20(22,23)24)16(27-28)18(29)25-10(2)11-5-6-11/h3-4,7-8,10-11H,5-6H2,1-2H3,(H,25,29)(H,26,30)/t10-/m0/s1. The third kappa shape index (κ3) is 3.69. The van der Waals surface area contributed by atoms with E-state index in [1.165, 1.54) is 6.20 Å². The van der Waals surface area contributed by atoms with E-state index < -0.39 is 34.4 Å². The number of carbonyl (C=O) groups is 1. The molecule has 10 heteroatoms. The van der Waals surface area contributed by atoms with Crippen molar-refractivity contribution < 1.29 is 18.0 Å². The van der Waals surface area contributed by atoms with Crippen LogP contribution in [0.5, 0.6) is 0 Å². The summed E-state index contributed by atoms with van der Waals surface area (Å²) >= 11 is 6.12. The average Bonchev–Trinajstić information content (AvgIpc) is 3.42. The molecule has 1 fully saturated rings. The molecule has 0 saturated heterocycles. The number of benzene rings is 1. The fourth-order valence-corrected chi connectivity index (χ4v) is 3.59. The van der Waals surface area contributed by atoms with Crippen LogP contribution in [-0.2, 0) is 6.18 Å². The molecule has 6 nitrogen and oxygen atoms in total. The van der Waals surface area contributed by atoms with Crippen LogP contribution in [0.4, 0.5) is 13.2 Å². The smallest absolute Gasteiger partial charge is 0.348 e. The second-order valence-electron chi connectivity index (χ2n) is 7.57. The second kappa shape index (κ2) is 7.16. The van der Waals surface area contributed by atoms with Gasteiger partial charge in [-0.3, -0.25) is 9.59 Å². The number of hydrogen-bond donors (Lipinski definition) is 2. The fraction of sp³-hybridized carbons (Fsp3) is 0.350. The van der Waals surface area contributed by atoms with Gasteiger partial charge in [0.25, 0.3) is 11.5 Å². The van der Waals surface area contributed by atoms with E-state index in [0.29, 0.717) is 10.6 Å². The third-order valence-electron chi connectivity index (χ3n) is 5.29. The molecule has 0 unspecified atom stereocenters. The van der Waals surface area contributed by atoms with Crippen LogP contribution >= 0.6 is 11.6 Å². The highest BCUT2D eigenvalue weighted by Gasteiger charge is 2.42. The maximum absolute atomic E-state index is 13.8. The van der Waals surface area contributed by atoms with Crippen molar-refractivity contribution in [3.8, 4) is 11.3 Å². The predicted octanol–water partition coefficient (Wildman–Crippen LogP) is 4.20. The Bertz CT molecular complexity index is 1210. The third-order valence-corrected chi connectivity index (χ3v) is 5.70. The van der Waals surface area contributed by atoms with Gasteiger partial charge in [0.15, 0.2) is 5.69 Å². The molecule has 1 amide bonds. The van der Waals surface area contributed by atoms with E-state index in [4.69, 9.17) is 11.6 Å². The molecular formula is C20H18ClF3N4O2. The van der Waals surface area contributed by atoms with Gasteiger partial charge in [-0.2, -0.15) is 18.3 Å². The van der Waals surface area contributed by atoms with E-state index in [9.17, 15) is 22.8 Å². The number of H-pyrrole nitrogens is 1. The Balaban J connectivity index is 1.86. The van der Waals surface area contributed by atoms with Crippen LogP contribution in [0.1, 0.15) is 41.4 Å². The number of nitrogens with one attached hydrogen (secondary N) is 2. The number of nitrogens with zero attached hydrogens (tertiary/aromatic N) is 2. The number of alkyl halides is 3. The Labute approximate surface area is 174 Å². The monoisotopic (exact) mass is 438 g/mol. The second-order valence-corrected chi connectivity index (χ2v) is 7.98. The van der Waals surface area contributed by atoms with E-state index >= 15 is 0 Å². The number of rotatable bonds is 4. The number of amides is 1. The number of halogens is 4. The van der Waals surface area contributed by atoms with Crippen molar-refractivity contribution in [1.82, 2.24) is 19.9 Å². The normalized spacial score (nSPS) is 15.4. The van der Waals surface area contributed by atoms with Gasteiger partial charge in [-0.15, -0.1) is 0 Å². The average molecular weight is 439 g/mol. The van der Waals surface area contributed by atoms with E-state index in [1.807, 2.05) is 0 Å². The molecule has 158 valence electrons. The Kier molecular flexibility index (Phi) is 4.88. The molecule has 3 aromatic rings. The van der Waals surface area contributed by atoms with Crippen LogP contribution in [0.2, 0.25) is 5.02 Å². The van der Waals surface area contributed by atoms with Crippen molar-refractivity contribution in [2.45, 2.75) is 38.9 Å². The molecule has 1 aliphatic rings. The van der Waals surface area contributed by atoms with Crippen molar-refractivity contribution in [2.24, 2.45) is 5.92 Å². The molecule has 30 heavy (non-hydrogen) atoms. The number of aromatic amines is 1. The van der Waals surface area contributed by atoms with Gasteiger partial charge in [0.2, 0.25) is 0 Å². The first-order chi connectivity index (χ1) is 14.1. The maximum Gasteiger partial charge on any atom is 0.421 e. The van der Waals surface area contributed by atoms with Gasteiger partial charge >= 0.3 is 6.18 Å². The molecule has 0 radical (unpaired) electrons. The summed E-state index contributed by atoms with van der Waals surface area (Å²) in [5, 5.41) is 6.84. The van der Waals surface area contributed by atoms with E-state index in [2.05, 4.69) is 15.4 Å². The lowest BCUT2D eigenvalue weighted by Crippen LogP contribution is -2.35. The highest BCUT2D eigenvalue weighted by atomic mass is 35.5. The number of aryl methyl sites for hydroxylation is 1. The molecule has 2 N–H and O–H groups in total.